The predicted molar refractivity (Wildman–Crippen MR) is 362 cm³/mol. The number of carbonyl (C=O) groups is 3. The van der Waals surface area contributed by atoms with Gasteiger partial charge in [0.05, 0.1) is 0 Å². The first-order chi connectivity index (χ1) is 41.0. The lowest BCUT2D eigenvalue weighted by atomic mass is 10.0. The molecule has 1 unspecified atom stereocenters. The highest BCUT2D eigenvalue weighted by Gasteiger charge is 2.19. The van der Waals surface area contributed by atoms with Gasteiger partial charge in [-0.05, 0) is 128 Å². The first kappa shape index (κ1) is 78.5. The van der Waals surface area contributed by atoms with Gasteiger partial charge in [0.1, 0.15) is 13.2 Å². The number of rotatable bonds is 62. The Morgan fingerprint density at radius 2 is 0.494 bits per heavy atom. The van der Waals surface area contributed by atoms with Gasteiger partial charge in [0.2, 0.25) is 0 Å². The SMILES string of the molecule is CC/C=C\C/C=C\C/C=C\C/C=C\C/C=C\C/C=C\CCC(=O)OCC(COC(=O)CCCCCCCCCCCCCCC/C=C\C/C=C\CCCCCCC)OC(=O)CCCCCCCC/C=C\C/C=C\C/C=C\CCCCCCC. The third kappa shape index (κ3) is 68.2. The van der Waals surface area contributed by atoms with Crippen LogP contribution in [0, 0.1) is 0 Å². The molecule has 83 heavy (non-hydrogen) atoms. The van der Waals surface area contributed by atoms with Crippen molar-refractivity contribution in [3.63, 3.8) is 0 Å². The summed E-state index contributed by atoms with van der Waals surface area (Å²) >= 11 is 0. The van der Waals surface area contributed by atoms with Crippen molar-refractivity contribution >= 4 is 17.9 Å². The molecule has 0 spiro atoms. The van der Waals surface area contributed by atoms with Crippen molar-refractivity contribution in [1.29, 1.82) is 0 Å². The highest BCUT2D eigenvalue weighted by molar-refractivity contribution is 5.71. The summed E-state index contributed by atoms with van der Waals surface area (Å²) in [7, 11) is 0. The van der Waals surface area contributed by atoms with Crippen molar-refractivity contribution < 1.29 is 28.6 Å². The van der Waals surface area contributed by atoms with Gasteiger partial charge in [0, 0.05) is 19.3 Å². The summed E-state index contributed by atoms with van der Waals surface area (Å²) < 4.78 is 16.9. The summed E-state index contributed by atoms with van der Waals surface area (Å²) in [5, 5.41) is 0. The Morgan fingerprint density at radius 1 is 0.253 bits per heavy atom. The number of carbonyl (C=O) groups excluding carboxylic acids is 3. The molecule has 0 radical (unpaired) electrons. The van der Waals surface area contributed by atoms with Crippen molar-refractivity contribution in [3.05, 3.63) is 134 Å². The molecule has 0 aromatic heterocycles. The molecule has 0 saturated heterocycles. The van der Waals surface area contributed by atoms with E-state index in [1.807, 2.05) is 6.08 Å². The van der Waals surface area contributed by atoms with Gasteiger partial charge >= 0.3 is 17.9 Å². The zero-order valence-electron chi connectivity index (χ0n) is 54.2. The number of hydrogen-bond donors (Lipinski definition) is 0. The van der Waals surface area contributed by atoms with Gasteiger partial charge in [-0.2, -0.15) is 0 Å². The van der Waals surface area contributed by atoms with Crippen molar-refractivity contribution in [2.24, 2.45) is 0 Å². The van der Waals surface area contributed by atoms with E-state index in [4.69, 9.17) is 14.2 Å². The average Bonchev–Trinajstić information content (AvgIpc) is 3.49. The van der Waals surface area contributed by atoms with E-state index in [-0.39, 0.29) is 37.5 Å². The molecule has 0 aromatic rings. The van der Waals surface area contributed by atoms with Crippen molar-refractivity contribution in [2.75, 3.05) is 13.2 Å². The summed E-state index contributed by atoms with van der Waals surface area (Å²) in [5.74, 6) is -1.00. The van der Waals surface area contributed by atoms with E-state index in [9.17, 15) is 14.4 Å². The largest absolute Gasteiger partial charge is 0.462 e. The van der Waals surface area contributed by atoms with Crippen LogP contribution in [-0.2, 0) is 28.6 Å². The molecule has 472 valence electrons. The fraction of sp³-hybridized carbons (Fsp3) is 0.675. The molecule has 0 N–H and O–H groups in total. The minimum absolute atomic E-state index is 0.110. The van der Waals surface area contributed by atoms with E-state index >= 15 is 0 Å². The summed E-state index contributed by atoms with van der Waals surface area (Å²) in [5.41, 5.74) is 0. The highest BCUT2D eigenvalue weighted by atomic mass is 16.6. The maximum absolute atomic E-state index is 13.0. The molecule has 0 saturated carbocycles. The predicted octanol–water partition coefficient (Wildman–Crippen LogP) is 24.1. The fourth-order valence-corrected chi connectivity index (χ4v) is 9.45. The molecule has 6 heteroatoms. The molecular weight excluding hydrogens is 1020 g/mol. The van der Waals surface area contributed by atoms with Gasteiger partial charge < -0.3 is 14.2 Å². The molecule has 6 nitrogen and oxygen atoms in total. The number of allylic oxidation sites excluding steroid dienone is 22. The van der Waals surface area contributed by atoms with E-state index in [1.165, 1.54) is 161 Å². The minimum atomic E-state index is -0.823. The van der Waals surface area contributed by atoms with Crippen LogP contribution in [0.15, 0.2) is 134 Å². The summed E-state index contributed by atoms with van der Waals surface area (Å²) in [6.45, 7) is 6.45. The van der Waals surface area contributed by atoms with Gasteiger partial charge in [-0.1, -0.05) is 302 Å². The summed E-state index contributed by atoms with van der Waals surface area (Å²) in [6, 6.07) is 0. The number of ether oxygens (including phenoxy) is 3. The van der Waals surface area contributed by atoms with Crippen LogP contribution < -0.4 is 0 Å². The molecule has 0 amide bonds. The second-order valence-electron chi connectivity index (χ2n) is 22.7. The Morgan fingerprint density at radius 3 is 0.807 bits per heavy atom. The molecule has 1 atom stereocenters. The Labute approximate surface area is 513 Å². The molecule has 0 aliphatic carbocycles. The lowest BCUT2D eigenvalue weighted by Crippen LogP contribution is -2.30. The van der Waals surface area contributed by atoms with E-state index < -0.39 is 6.10 Å². The molecule has 0 aliphatic rings. The smallest absolute Gasteiger partial charge is 0.306 e. The number of esters is 3. The average molecular weight is 1150 g/mol. The lowest BCUT2D eigenvalue weighted by Gasteiger charge is -2.18. The van der Waals surface area contributed by atoms with Gasteiger partial charge in [-0.3, -0.25) is 14.4 Å². The van der Waals surface area contributed by atoms with Gasteiger partial charge in [0.15, 0.2) is 6.10 Å². The van der Waals surface area contributed by atoms with Crippen LogP contribution in [0.25, 0.3) is 0 Å². The monoisotopic (exact) mass is 1150 g/mol. The standard InChI is InChI=1S/C77H128O6/c1-4-7-10-13-16-19-22-25-28-31-34-36-37-38-39-41-43-46-49-52-55-58-61-64-67-70-76(79)82-73-74(72-81-75(78)69-66-63-60-57-54-51-48-45-42-33-30-27-24-21-18-15-12-9-6-3)83-77(80)71-68-65-62-59-56-53-50-47-44-40-35-32-29-26-23-20-17-14-11-8-5-2/h9,12,18,21-23,25-27,30-32,34-35,42,44-45,47,51,54,60,63,74H,4-8,10-11,13-17,19-20,24,28-29,33,36-41,43,46,48-50,52-53,55-59,61-62,64-73H2,1-3H3/b12-9-,21-18-,25-22-,26-23-,30-27-,34-31-,35-32-,45-42-,47-44-,54-51-,63-60-. The Bertz CT molecular complexity index is 1750. The van der Waals surface area contributed by atoms with Crippen LogP contribution >= 0.6 is 0 Å². The summed E-state index contributed by atoms with van der Waals surface area (Å²) in [6.07, 6.45) is 99.1. The molecule has 0 heterocycles. The third-order valence-corrected chi connectivity index (χ3v) is 14.6. The maximum atomic E-state index is 13.0. The third-order valence-electron chi connectivity index (χ3n) is 14.6. The summed E-state index contributed by atoms with van der Waals surface area (Å²) in [4.78, 5) is 38.4. The Balaban J connectivity index is 4.48. The second kappa shape index (κ2) is 70.0. The van der Waals surface area contributed by atoms with Crippen LogP contribution in [0.2, 0.25) is 0 Å². The van der Waals surface area contributed by atoms with Crippen molar-refractivity contribution in [1.82, 2.24) is 0 Å². The normalized spacial score (nSPS) is 13.0. The van der Waals surface area contributed by atoms with Crippen molar-refractivity contribution in [2.45, 2.75) is 322 Å². The highest BCUT2D eigenvalue weighted by Crippen LogP contribution is 2.16. The molecule has 0 fully saturated rings. The van der Waals surface area contributed by atoms with Crippen LogP contribution in [0.5, 0.6) is 0 Å². The fourth-order valence-electron chi connectivity index (χ4n) is 9.45. The second-order valence-corrected chi connectivity index (χ2v) is 22.7. The van der Waals surface area contributed by atoms with E-state index in [0.29, 0.717) is 19.3 Å². The zero-order valence-corrected chi connectivity index (χ0v) is 54.2. The van der Waals surface area contributed by atoms with E-state index in [1.54, 1.807) is 0 Å². The lowest BCUT2D eigenvalue weighted by molar-refractivity contribution is -0.166. The molecule has 0 rings (SSSR count). The van der Waals surface area contributed by atoms with Crippen molar-refractivity contribution in [3.8, 4) is 0 Å². The molecule has 0 aromatic carbocycles. The number of unbranched alkanes of at least 4 members (excludes halogenated alkanes) is 29. The first-order valence-corrected chi connectivity index (χ1v) is 34.7. The molecular formula is C77H128O6. The zero-order chi connectivity index (χ0) is 59.9. The van der Waals surface area contributed by atoms with E-state index in [0.717, 1.165) is 109 Å². The van der Waals surface area contributed by atoms with Gasteiger partial charge in [0.25, 0.3) is 0 Å². The number of hydrogen-bond acceptors (Lipinski definition) is 6. The molecule has 0 bridgehead atoms. The quantitative estimate of drug-likeness (QED) is 0.0261. The van der Waals surface area contributed by atoms with E-state index in [2.05, 4.69) is 148 Å². The van der Waals surface area contributed by atoms with Crippen LogP contribution in [0.4, 0.5) is 0 Å². The van der Waals surface area contributed by atoms with Crippen LogP contribution in [-0.4, -0.2) is 37.2 Å². The van der Waals surface area contributed by atoms with Gasteiger partial charge in [-0.15, -0.1) is 0 Å². The molecule has 0 aliphatic heterocycles. The first-order valence-electron chi connectivity index (χ1n) is 34.7. The minimum Gasteiger partial charge on any atom is -0.462 e. The van der Waals surface area contributed by atoms with Crippen LogP contribution in [0.1, 0.15) is 316 Å². The Hall–Kier alpha value is -4.45. The van der Waals surface area contributed by atoms with Gasteiger partial charge in [-0.25, -0.2) is 0 Å². The Kier molecular flexibility index (Phi) is 66.3. The topological polar surface area (TPSA) is 78.9 Å². The van der Waals surface area contributed by atoms with Crippen LogP contribution in [0.3, 0.4) is 0 Å². The maximum Gasteiger partial charge on any atom is 0.306 e.